The molecule has 0 unspecified atom stereocenters. The van der Waals surface area contributed by atoms with Crippen molar-refractivity contribution < 1.29 is 13.2 Å². The normalized spacial score (nSPS) is 11.6. The van der Waals surface area contributed by atoms with Gasteiger partial charge >= 0.3 is 6.03 Å². The standard InChI is InChI=1S/C15H19ClN4O3S/c1-9(2)20-6-5-13(18-20)24(22,23)19-15(21)17-14-10(3)7-12(16)8-11(14)4/h5-9H,1-4H3,(H2,17,19,21). The zero-order chi connectivity index (χ0) is 18.1. The molecular formula is C15H19ClN4O3S. The molecule has 130 valence electrons. The maximum Gasteiger partial charge on any atom is 0.333 e. The quantitative estimate of drug-likeness (QED) is 0.863. The van der Waals surface area contributed by atoms with Gasteiger partial charge in [-0.2, -0.15) is 13.5 Å². The molecule has 0 atom stereocenters. The van der Waals surface area contributed by atoms with Crippen molar-refractivity contribution in [3.63, 3.8) is 0 Å². The van der Waals surface area contributed by atoms with Crippen LogP contribution in [0, 0.1) is 13.8 Å². The molecule has 1 aromatic carbocycles. The summed E-state index contributed by atoms with van der Waals surface area (Å²) in [6.07, 6.45) is 1.55. The molecular weight excluding hydrogens is 352 g/mol. The summed E-state index contributed by atoms with van der Waals surface area (Å²) in [5.74, 6) is 0. The Kier molecular flexibility index (Phi) is 5.19. The van der Waals surface area contributed by atoms with Crippen LogP contribution in [0.4, 0.5) is 10.5 Å². The molecule has 2 N–H and O–H groups in total. The zero-order valence-electron chi connectivity index (χ0n) is 13.8. The minimum absolute atomic E-state index is 0.0159. The van der Waals surface area contributed by atoms with Crippen LogP contribution < -0.4 is 10.0 Å². The highest BCUT2D eigenvalue weighted by atomic mass is 35.5. The monoisotopic (exact) mass is 370 g/mol. The molecule has 0 fully saturated rings. The van der Waals surface area contributed by atoms with Gasteiger partial charge in [-0.1, -0.05) is 11.6 Å². The minimum atomic E-state index is -4.05. The number of amides is 2. The van der Waals surface area contributed by atoms with Gasteiger partial charge in [0, 0.05) is 22.9 Å². The van der Waals surface area contributed by atoms with E-state index in [1.165, 1.54) is 10.7 Å². The molecule has 1 aromatic heterocycles. The van der Waals surface area contributed by atoms with E-state index in [-0.39, 0.29) is 11.1 Å². The zero-order valence-corrected chi connectivity index (χ0v) is 15.4. The van der Waals surface area contributed by atoms with Crippen LogP contribution in [-0.2, 0) is 10.0 Å². The lowest BCUT2D eigenvalue weighted by atomic mass is 10.1. The predicted octanol–water partition coefficient (Wildman–Crippen LogP) is 3.24. The van der Waals surface area contributed by atoms with Gasteiger partial charge in [0.25, 0.3) is 10.0 Å². The average Bonchev–Trinajstić information content (AvgIpc) is 2.93. The summed E-state index contributed by atoms with van der Waals surface area (Å²) < 4.78 is 27.9. The van der Waals surface area contributed by atoms with Crippen LogP contribution in [0.5, 0.6) is 0 Å². The van der Waals surface area contributed by atoms with Crippen LogP contribution in [0.2, 0.25) is 5.02 Å². The van der Waals surface area contributed by atoms with Crippen LogP contribution in [-0.4, -0.2) is 24.2 Å². The van der Waals surface area contributed by atoms with E-state index in [4.69, 9.17) is 11.6 Å². The van der Waals surface area contributed by atoms with E-state index >= 15 is 0 Å². The summed E-state index contributed by atoms with van der Waals surface area (Å²) in [5, 5.41) is 6.83. The third-order valence-electron chi connectivity index (χ3n) is 3.35. The van der Waals surface area contributed by atoms with Gasteiger partial charge in [-0.25, -0.2) is 9.52 Å². The van der Waals surface area contributed by atoms with E-state index in [0.717, 1.165) is 11.1 Å². The Bertz CT molecular complexity index is 852. The number of benzene rings is 1. The van der Waals surface area contributed by atoms with E-state index in [2.05, 4.69) is 10.4 Å². The third kappa shape index (κ3) is 4.07. The summed E-state index contributed by atoms with van der Waals surface area (Å²) in [7, 11) is -4.05. The third-order valence-corrected chi connectivity index (χ3v) is 4.79. The summed E-state index contributed by atoms with van der Waals surface area (Å²) in [6, 6.07) is 3.87. The maximum absolute atomic E-state index is 12.2. The van der Waals surface area contributed by atoms with Crippen molar-refractivity contribution in [1.82, 2.24) is 14.5 Å². The van der Waals surface area contributed by atoms with Gasteiger partial charge in [-0.05, 0) is 57.0 Å². The van der Waals surface area contributed by atoms with Gasteiger partial charge in [0.05, 0.1) is 0 Å². The van der Waals surface area contributed by atoms with Gasteiger partial charge in [0.15, 0.2) is 5.03 Å². The van der Waals surface area contributed by atoms with Crippen LogP contribution in [0.15, 0.2) is 29.4 Å². The molecule has 0 aliphatic heterocycles. The van der Waals surface area contributed by atoms with Crippen molar-refractivity contribution in [3.05, 3.63) is 40.5 Å². The first kappa shape index (κ1) is 18.3. The molecule has 2 amide bonds. The molecule has 0 saturated carbocycles. The Morgan fingerprint density at radius 3 is 2.33 bits per heavy atom. The maximum atomic E-state index is 12.2. The van der Waals surface area contributed by atoms with Crippen LogP contribution in [0.3, 0.4) is 0 Å². The molecule has 0 saturated heterocycles. The van der Waals surface area contributed by atoms with Gasteiger partial charge in [-0.15, -0.1) is 0 Å². The molecule has 0 aliphatic carbocycles. The number of carbonyl (C=O) groups is 1. The first-order chi connectivity index (χ1) is 11.1. The lowest BCUT2D eigenvalue weighted by Crippen LogP contribution is -2.35. The highest BCUT2D eigenvalue weighted by Crippen LogP contribution is 2.24. The Hall–Kier alpha value is -2.06. The van der Waals surface area contributed by atoms with Crippen LogP contribution in [0.25, 0.3) is 0 Å². The summed E-state index contributed by atoms with van der Waals surface area (Å²) in [4.78, 5) is 12.1. The average molecular weight is 371 g/mol. The van der Waals surface area contributed by atoms with E-state index in [0.29, 0.717) is 10.7 Å². The summed E-state index contributed by atoms with van der Waals surface area (Å²) in [5.41, 5.74) is 1.98. The Labute approximate surface area is 146 Å². The van der Waals surface area contributed by atoms with E-state index < -0.39 is 16.1 Å². The number of hydrogen-bond donors (Lipinski definition) is 2. The lowest BCUT2D eigenvalue weighted by Gasteiger charge is -2.13. The minimum Gasteiger partial charge on any atom is -0.307 e. The van der Waals surface area contributed by atoms with E-state index in [1.54, 1.807) is 32.2 Å². The summed E-state index contributed by atoms with van der Waals surface area (Å²) >= 11 is 5.94. The number of aromatic nitrogens is 2. The Morgan fingerprint density at radius 1 is 1.25 bits per heavy atom. The Balaban J connectivity index is 2.17. The first-order valence-corrected chi connectivity index (χ1v) is 9.12. The van der Waals surface area contributed by atoms with Gasteiger partial charge in [0.2, 0.25) is 0 Å². The SMILES string of the molecule is Cc1cc(Cl)cc(C)c1NC(=O)NS(=O)(=O)c1ccn(C(C)C)n1. The predicted molar refractivity (Wildman–Crippen MR) is 92.9 cm³/mol. The Morgan fingerprint density at radius 2 is 1.83 bits per heavy atom. The largest absolute Gasteiger partial charge is 0.333 e. The summed E-state index contributed by atoms with van der Waals surface area (Å²) in [6.45, 7) is 7.28. The molecule has 2 rings (SSSR count). The molecule has 0 bridgehead atoms. The molecule has 0 spiro atoms. The topological polar surface area (TPSA) is 93.1 Å². The van der Waals surface area contributed by atoms with Gasteiger partial charge < -0.3 is 5.32 Å². The van der Waals surface area contributed by atoms with Crippen molar-refractivity contribution in [2.24, 2.45) is 0 Å². The number of nitrogens with zero attached hydrogens (tertiary/aromatic N) is 2. The van der Waals surface area contributed by atoms with Gasteiger partial charge in [-0.3, -0.25) is 4.68 Å². The number of aryl methyl sites for hydroxylation is 2. The van der Waals surface area contributed by atoms with Crippen molar-refractivity contribution in [2.75, 3.05) is 5.32 Å². The van der Waals surface area contributed by atoms with Crippen molar-refractivity contribution >= 4 is 33.3 Å². The highest BCUT2D eigenvalue weighted by Gasteiger charge is 2.21. The molecule has 0 radical (unpaired) electrons. The number of nitrogens with one attached hydrogen (secondary N) is 2. The highest BCUT2D eigenvalue weighted by molar-refractivity contribution is 7.90. The number of sulfonamides is 1. The van der Waals surface area contributed by atoms with Crippen molar-refractivity contribution in [2.45, 2.75) is 38.8 Å². The number of halogens is 1. The molecule has 7 nitrogen and oxygen atoms in total. The number of anilines is 1. The second kappa shape index (κ2) is 6.82. The second-order valence-electron chi connectivity index (χ2n) is 5.70. The fourth-order valence-corrected chi connectivity index (χ4v) is 3.34. The number of urea groups is 1. The number of hydrogen-bond acceptors (Lipinski definition) is 4. The fourth-order valence-electron chi connectivity index (χ4n) is 2.17. The molecule has 2 aromatic rings. The van der Waals surface area contributed by atoms with Crippen molar-refractivity contribution in [3.8, 4) is 0 Å². The first-order valence-electron chi connectivity index (χ1n) is 7.26. The van der Waals surface area contributed by atoms with E-state index in [1.807, 2.05) is 18.6 Å². The van der Waals surface area contributed by atoms with Crippen LogP contribution in [0.1, 0.15) is 31.0 Å². The van der Waals surface area contributed by atoms with Crippen LogP contribution >= 0.6 is 11.6 Å². The second-order valence-corrected chi connectivity index (χ2v) is 7.77. The fraction of sp³-hybridized carbons (Fsp3) is 0.333. The molecule has 9 heteroatoms. The smallest absolute Gasteiger partial charge is 0.307 e. The van der Waals surface area contributed by atoms with Crippen molar-refractivity contribution in [1.29, 1.82) is 0 Å². The number of carbonyl (C=O) groups excluding carboxylic acids is 1. The van der Waals surface area contributed by atoms with Gasteiger partial charge in [0.1, 0.15) is 0 Å². The number of rotatable bonds is 4. The molecule has 0 aliphatic rings. The molecule has 1 heterocycles. The van der Waals surface area contributed by atoms with E-state index in [9.17, 15) is 13.2 Å². The lowest BCUT2D eigenvalue weighted by molar-refractivity contribution is 0.256. The molecule has 24 heavy (non-hydrogen) atoms.